The second-order valence-corrected chi connectivity index (χ2v) is 7.59. The molecule has 0 radical (unpaired) electrons. The van der Waals surface area contributed by atoms with Crippen LogP contribution in [0.4, 0.5) is 11.4 Å². The number of thioether (sulfide) groups is 1. The van der Waals surface area contributed by atoms with E-state index in [1.165, 1.54) is 11.8 Å². The highest BCUT2D eigenvalue weighted by atomic mass is 35.5. The Bertz CT molecular complexity index is 793. The molecule has 1 aliphatic rings. The highest BCUT2D eigenvalue weighted by Gasteiger charge is 2.18. The molecule has 7 heteroatoms. The first-order valence-electron chi connectivity index (χ1n) is 8.39. The third-order valence-corrected chi connectivity index (χ3v) is 5.75. The molecule has 0 spiro atoms. The second-order valence-electron chi connectivity index (χ2n) is 5.86. The van der Waals surface area contributed by atoms with Gasteiger partial charge in [0.2, 0.25) is 5.91 Å². The van der Waals surface area contributed by atoms with Crippen LogP contribution in [-0.2, 0) is 4.79 Å². The predicted octanol–water partition coefficient (Wildman–Crippen LogP) is 5.45. The lowest BCUT2D eigenvalue weighted by molar-refractivity contribution is -0.113. The molecule has 3 rings (SSSR count). The van der Waals surface area contributed by atoms with Gasteiger partial charge in [0, 0.05) is 13.1 Å². The summed E-state index contributed by atoms with van der Waals surface area (Å²) < 4.78 is 0. The van der Waals surface area contributed by atoms with E-state index in [0.29, 0.717) is 15.7 Å². The third kappa shape index (κ3) is 5.16. The average molecular weight is 408 g/mol. The van der Waals surface area contributed by atoms with Crippen LogP contribution in [0, 0.1) is 0 Å². The number of rotatable bonds is 4. The van der Waals surface area contributed by atoms with Crippen molar-refractivity contribution in [2.24, 2.45) is 4.99 Å². The van der Waals surface area contributed by atoms with E-state index < -0.39 is 0 Å². The number of hydrogen-bond acceptors (Lipinski definition) is 3. The molecular formula is C19H19Cl2N3OS. The van der Waals surface area contributed by atoms with Crippen molar-refractivity contribution >= 4 is 57.4 Å². The fourth-order valence-electron chi connectivity index (χ4n) is 2.63. The molecule has 0 unspecified atom stereocenters. The highest BCUT2D eigenvalue weighted by Crippen LogP contribution is 2.29. The average Bonchev–Trinajstić information content (AvgIpc) is 3.18. The second kappa shape index (κ2) is 9.31. The van der Waals surface area contributed by atoms with E-state index in [0.717, 1.165) is 36.8 Å². The Labute approximate surface area is 167 Å². The van der Waals surface area contributed by atoms with Gasteiger partial charge in [0.15, 0.2) is 5.17 Å². The van der Waals surface area contributed by atoms with Gasteiger partial charge in [-0.3, -0.25) is 4.79 Å². The number of anilines is 1. The van der Waals surface area contributed by atoms with Gasteiger partial charge in [-0.15, -0.1) is 0 Å². The number of amidine groups is 1. The summed E-state index contributed by atoms with van der Waals surface area (Å²) in [7, 11) is 0. The zero-order chi connectivity index (χ0) is 18.4. The Hall–Kier alpha value is -1.69. The Morgan fingerprint density at radius 3 is 2.54 bits per heavy atom. The number of nitrogens with one attached hydrogen (secondary N) is 1. The summed E-state index contributed by atoms with van der Waals surface area (Å²) in [6.07, 6.45) is 2.30. The summed E-state index contributed by atoms with van der Waals surface area (Å²) >= 11 is 13.6. The van der Waals surface area contributed by atoms with Crippen molar-refractivity contribution in [1.29, 1.82) is 0 Å². The normalized spacial score (nSPS) is 14.5. The molecule has 2 aromatic carbocycles. The molecule has 136 valence electrons. The summed E-state index contributed by atoms with van der Waals surface area (Å²) in [5.41, 5.74) is 1.41. The number of halogens is 2. The summed E-state index contributed by atoms with van der Waals surface area (Å²) in [4.78, 5) is 19.3. The number of amides is 1. The maximum atomic E-state index is 12.3. The van der Waals surface area contributed by atoms with Crippen LogP contribution in [0.2, 0.25) is 10.0 Å². The zero-order valence-electron chi connectivity index (χ0n) is 14.1. The molecule has 1 amide bonds. The molecule has 0 saturated carbocycles. The summed E-state index contributed by atoms with van der Waals surface area (Å²) in [6, 6.07) is 15.0. The number of carbonyl (C=O) groups excluding carboxylic acids is 1. The van der Waals surface area contributed by atoms with Gasteiger partial charge in [-0.05, 0) is 37.1 Å². The predicted molar refractivity (Wildman–Crippen MR) is 112 cm³/mol. The first-order valence-corrected chi connectivity index (χ1v) is 10.1. The van der Waals surface area contributed by atoms with Crippen LogP contribution in [-0.4, -0.2) is 34.8 Å². The smallest absolute Gasteiger partial charge is 0.234 e. The fourth-order valence-corrected chi connectivity index (χ4v) is 3.85. The highest BCUT2D eigenvalue weighted by molar-refractivity contribution is 8.14. The van der Waals surface area contributed by atoms with Gasteiger partial charge >= 0.3 is 0 Å². The number of para-hydroxylation sites is 1. The molecule has 0 aliphatic carbocycles. The first-order chi connectivity index (χ1) is 12.6. The number of carbonyl (C=O) groups is 1. The summed E-state index contributed by atoms with van der Waals surface area (Å²) in [5, 5.41) is 4.46. The number of benzene rings is 2. The van der Waals surface area contributed by atoms with Crippen molar-refractivity contribution in [1.82, 2.24) is 4.90 Å². The molecular weight excluding hydrogens is 389 g/mol. The van der Waals surface area contributed by atoms with E-state index in [9.17, 15) is 4.79 Å². The van der Waals surface area contributed by atoms with Crippen LogP contribution in [0.15, 0.2) is 53.5 Å². The topological polar surface area (TPSA) is 44.7 Å². The SMILES string of the molecule is O=C(CSC(=Nc1ccccc1)N1CCCC1)Nc1cccc(Cl)c1Cl. The van der Waals surface area contributed by atoms with E-state index in [2.05, 4.69) is 10.2 Å². The van der Waals surface area contributed by atoms with Crippen LogP contribution in [0.3, 0.4) is 0 Å². The van der Waals surface area contributed by atoms with E-state index in [1.54, 1.807) is 18.2 Å². The minimum Gasteiger partial charge on any atom is -0.351 e. The van der Waals surface area contributed by atoms with Gasteiger partial charge < -0.3 is 10.2 Å². The van der Waals surface area contributed by atoms with Crippen LogP contribution in [0.1, 0.15) is 12.8 Å². The Kier molecular flexibility index (Phi) is 6.83. The molecule has 0 aromatic heterocycles. The fraction of sp³-hybridized carbons (Fsp3) is 0.263. The van der Waals surface area contributed by atoms with Crippen LogP contribution < -0.4 is 5.32 Å². The molecule has 1 N–H and O–H groups in total. The number of hydrogen-bond donors (Lipinski definition) is 1. The van der Waals surface area contributed by atoms with Gasteiger partial charge in [0.25, 0.3) is 0 Å². The van der Waals surface area contributed by atoms with Crippen molar-refractivity contribution in [2.45, 2.75) is 12.8 Å². The largest absolute Gasteiger partial charge is 0.351 e. The lowest BCUT2D eigenvalue weighted by Gasteiger charge is -2.19. The van der Waals surface area contributed by atoms with Crippen molar-refractivity contribution in [3.8, 4) is 0 Å². The minimum absolute atomic E-state index is 0.140. The molecule has 1 fully saturated rings. The Morgan fingerprint density at radius 1 is 1.08 bits per heavy atom. The summed E-state index contributed by atoms with van der Waals surface area (Å²) in [6.45, 7) is 1.95. The standard InChI is InChI=1S/C19H19Cl2N3OS/c20-15-9-6-10-16(18(15)21)23-17(25)13-26-19(24-11-4-5-12-24)22-14-7-2-1-3-8-14/h1-3,6-10H,4-5,11-13H2,(H,23,25). The molecule has 2 aromatic rings. The van der Waals surface area contributed by atoms with Crippen molar-refractivity contribution in [3.63, 3.8) is 0 Å². The number of aliphatic imine (C=N–C) groups is 1. The molecule has 0 atom stereocenters. The maximum Gasteiger partial charge on any atom is 0.234 e. The van der Waals surface area contributed by atoms with Crippen molar-refractivity contribution in [2.75, 3.05) is 24.2 Å². The third-order valence-electron chi connectivity index (χ3n) is 3.92. The number of nitrogens with zero attached hydrogens (tertiary/aromatic N) is 2. The van der Waals surface area contributed by atoms with Crippen LogP contribution in [0.25, 0.3) is 0 Å². The molecule has 1 heterocycles. The van der Waals surface area contributed by atoms with Crippen LogP contribution >= 0.6 is 35.0 Å². The molecule has 26 heavy (non-hydrogen) atoms. The van der Waals surface area contributed by atoms with Gasteiger partial charge in [-0.2, -0.15) is 0 Å². The van der Waals surface area contributed by atoms with Crippen LogP contribution in [0.5, 0.6) is 0 Å². The number of likely N-dealkylation sites (tertiary alicyclic amines) is 1. The van der Waals surface area contributed by atoms with E-state index in [-0.39, 0.29) is 11.7 Å². The van der Waals surface area contributed by atoms with Gasteiger partial charge in [-0.25, -0.2) is 4.99 Å². The van der Waals surface area contributed by atoms with E-state index in [4.69, 9.17) is 28.2 Å². The van der Waals surface area contributed by atoms with Gasteiger partial charge in [0.05, 0.1) is 27.2 Å². The first kappa shape index (κ1) is 19.1. The Morgan fingerprint density at radius 2 is 1.81 bits per heavy atom. The molecule has 4 nitrogen and oxygen atoms in total. The minimum atomic E-state index is -0.140. The van der Waals surface area contributed by atoms with Gasteiger partial charge in [-0.1, -0.05) is 59.2 Å². The zero-order valence-corrected chi connectivity index (χ0v) is 16.4. The maximum absolute atomic E-state index is 12.3. The van der Waals surface area contributed by atoms with E-state index >= 15 is 0 Å². The van der Waals surface area contributed by atoms with E-state index in [1.807, 2.05) is 30.3 Å². The molecule has 1 saturated heterocycles. The lowest BCUT2D eigenvalue weighted by Crippen LogP contribution is -2.27. The summed E-state index contributed by atoms with van der Waals surface area (Å²) in [5.74, 6) is 0.115. The lowest BCUT2D eigenvalue weighted by atomic mass is 10.3. The van der Waals surface area contributed by atoms with Crippen molar-refractivity contribution in [3.05, 3.63) is 58.6 Å². The molecule has 1 aliphatic heterocycles. The van der Waals surface area contributed by atoms with Gasteiger partial charge in [0.1, 0.15) is 0 Å². The van der Waals surface area contributed by atoms with Crippen molar-refractivity contribution < 1.29 is 4.79 Å². The monoisotopic (exact) mass is 407 g/mol. The Balaban J connectivity index is 1.66. The molecule has 0 bridgehead atoms. The quantitative estimate of drug-likeness (QED) is 0.541.